The summed E-state index contributed by atoms with van der Waals surface area (Å²) in [7, 11) is 0. The molecule has 0 amide bonds. The highest BCUT2D eigenvalue weighted by Crippen LogP contribution is 2.29. The Balaban J connectivity index is 5.07. The van der Waals surface area contributed by atoms with Gasteiger partial charge in [0.25, 0.3) is 0 Å². The van der Waals surface area contributed by atoms with Crippen molar-refractivity contribution in [3.05, 3.63) is 0 Å². The average Bonchev–Trinajstić information content (AvgIpc) is 2.09. The molecule has 0 N–H and O–H groups in total. The van der Waals surface area contributed by atoms with E-state index in [4.69, 9.17) is 0 Å². The molecule has 102 valence electrons. The van der Waals surface area contributed by atoms with Crippen LogP contribution in [-0.2, 0) is 4.79 Å². The van der Waals surface area contributed by atoms with Crippen LogP contribution in [0.25, 0.3) is 0 Å². The number of carbonyl (C=O) groups is 1. The van der Waals surface area contributed by atoms with Crippen LogP contribution in [0, 0.1) is 0 Å². The van der Waals surface area contributed by atoms with Crippen LogP contribution < -0.4 is 0 Å². The van der Waals surface area contributed by atoms with Gasteiger partial charge in [-0.1, -0.05) is 29.5 Å². The molecule has 0 aromatic rings. The Morgan fingerprint density at radius 2 is 1.47 bits per heavy atom. The van der Waals surface area contributed by atoms with Gasteiger partial charge < -0.3 is 0 Å². The molecule has 0 aromatic heterocycles. The average molecular weight is 353 g/mol. The van der Waals surface area contributed by atoms with E-state index in [1.165, 1.54) is 0 Å². The predicted octanol–water partition coefficient (Wildman–Crippen LogP) is 4.06. The molecule has 0 atom stereocenters. The predicted molar refractivity (Wildman–Crippen MR) is 83.9 cm³/mol. The lowest BCUT2D eigenvalue weighted by atomic mass is 9.91. The summed E-state index contributed by atoms with van der Waals surface area (Å²) in [6.07, 6.45) is 1.04. The smallest absolute Gasteiger partial charge is 0.162 e. The summed E-state index contributed by atoms with van der Waals surface area (Å²) >= 11 is 2.23. The van der Waals surface area contributed by atoms with Gasteiger partial charge in [-0.25, -0.2) is 0 Å². The van der Waals surface area contributed by atoms with Crippen molar-refractivity contribution in [3.8, 4) is 0 Å². The molecule has 0 rings (SSSR count). The van der Waals surface area contributed by atoms with Crippen molar-refractivity contribution in [1.82, 2.24) is 4.90 Å². The van der Waals surface area contributed by atoms with Crippen LogP contribution in [-0.4, -0.2) is 31.7 Å². The van der Waals surface area contributed by atoms with Gasteiger partial charge in [-0.05, 0) is 54.9 Å². The molecule has 0 radical (unpaired) electrons. The first kappa shape index (κ1) is 17.4. The van der Waals surface area contributed by atoms with Gasteiger partial charge in [0.2, 0.25) is 0 Å². The van der Waals surface area contributed by atoms with Crippen LogP contribution >= 0.6 is 22.6 Å². The minimum absolute atomic E-state index is 0.0110. The Hall–Kier alpha value is 0.360. The molecule has 0 aliphatic heterocycles. The summed E-state index contributed by atoms with van der Waals surface area (Å²) < 4.78 is -0.287. The number of alkyl halides is 1. The van der Waals surface area contributed by atoms with E-state index in [2.05, 4.69) is 69.0 Å². The van der Waals surface area contributed by atoms with E-state index in [9.17, 15) is 4.79 Å². The van der Waals surface area contributed by atoms with Crippen LogP contribution in [0.3, 0.4) is 0 Å². The number of Topliss-reactive ketones (excluding diaryl/α,β-unsaturated/α-hetero) is 1. The van der Waals surface area contributed by atoms with E-state index < -0.39 is 0 Å². The molecule has 3 heteroatoms. The number of carbonyl (C=O) groups excluding carboxylic acids is 1. The normalized spacial score (nSPS) is 14.2. The molecule has 0 bridgehead atoms. The summed E-state index contributed by atoms with van der Waals surface area (Å²) in [6.45, 7) is 17.6. The van der Waals surface area contributed by atoms with Crippen molar-refractivity contribution in [1.29, 1.82) is 0 Å². The minimum atomic E-state index is -0.287. The third-order valence-electron chi connectivity index (χ3n) is 3.37. The summed E-state index contributed by atoms with van der Waals surface area (Å²) in [5.41, 5.74) is 0.0624. The van der Waals surface area contributed by atoms with Gasteiger partial charge in [0, 0.05) is 11.1 Å². The Morgan fingerprint density at radius 1 is 1.06 bits per heavy atom. The van der Waals surface area contributed by atoms with Gasteiger partial charge >= 0.3 is 0 Å². The van der Waals surface area contributed by atoms with Crippen LogP contribution in [0.1, 0.15) is 61.8 Å². The second kappa shape index (κ2) is 5.55. The molecule has 0 aliphatic rings. The maximum Gasteiger partial charge on any atom is 0.162 e. The highest BCUT2D eigenvalue weighted by Gasteiger charge is 2.37. The van der Waals surface area contributed by atoms with Crippen molar-refractivity contribution < 1.29 is 4.79 Å². The minimum Gasteiger partial charge on any atom is -0.297 e. The van der Waals surface area contributed by atoms with Crippen molar-refractivity contribution >= 4 is 28.4 Å². The molecule has 0 saturated carbocycles. The van der Waals surface area contributed by atoms with Crippen molar-refractivity contribution in [2.24, 2.45) is 0 Å². The van der Waals surface area contributed by atoms with Crippen molar-refractivity contribution in [2.75, 3.05) is 6.54 Å². The van der Waals surface area contributed by atoms with Gasteiger partial charge in [0.15, 0.2) is 5.78 Å². The largest absolute Gasteiger partial charge is 0.297 e. The summed E-state index contributed by atoms with van der Waals surface area (Å²) in [6, 6.07) is 0. The molecule has 0 aromatic carbocycles. The zero-order valence-electron chi connectivity index (χ0n) is 12.6. The van der Waals surface area contributed by atoms with Gasteiger partial charge in [-0.15, -0.1) is 0 Å². The molecule has 0 heterocycles. The molecule has 0 aliphatic carbocycles. The summed E-state index contributed by atoms with van der Waals surface area (Å²) in [5, 5.41) is 0. The molecule has 0 fully saturated rings. The fraction of sp³-hybridized carbons (Fsp3) is 0.929. The van der Waals surface area contributed by atoms with Gasteiger partial charge in [0.1, 0.15) is 0 Å². The van der Waals surface area contributed by atoms with E-state index in [0.717, 1.165) is 6.42 Å². The number of rotatable bonds is 5. The number of ketones is 1. The van der Waals surface area contributed by atoms with Crippen molar-refractivity contribution in [3.63, 3.8) is 0 Å². The fourth-order valence-corrected chi connectivity index (χ4v) is 2.05. The lowest BCUT2D eigenvalue weighted by Crippen LogP contribution is -2.57. The van der Waals surface area contributed by atoms with E-state index in [1.54, 1.807) is 0 Å². The lowest BCUT2D eigenvalue weighted by Gasteiger charge is -2.47. The highest BCUT2D eigenvalue weighted by molar-refractivity contribution is 14.1. The summed E-state index contributed by atoms with van der Waals surface area (Å²) in [4.78, 5) is 14.6. The Labute approximate surface area is 121 Å². The van der Waals surface area contributed by atoms with Crippen LogP contribution in [0.5, 0.6) is 0 Å². The first-order valence-electron chi connectivity index (χ1n) is 6.32. The van der Waals surface area contributed by atoms with Crippen LogP contribution in [0.2, 0.25) is 0 Å². The first-order chi connectivity index (χ1) is 7.32. The number of nitrogens with zero attached hydrogens (tertiary/aromatic N) is 1. The monoisotopic (exact) mass is 353 g/mol. The van der Waals surface area contributed by atoms with E-state index in [-0.39, 0.29) is 14.5 Å². The molecule has 2 nitrogen and oxygen atoms in total. The zero-order chi connectivity index (χ0) is 14.1. The highest BCUT2D eigenvalue weighted by atomic mass is 127. The van der Waals surface area contributed by atoms with Crippen molar-refractivity contribution in [2.45, 2.75) is 76.3 Å². The second-order valence-corrected chi connectivity index (χ2v) is 9.52. The number of hydrogen-bond acceptors (Lipinski definition) is 2. The first-order valence-corrected chi connectivity index (χ1v) is 7.40. The van der Waals surface area contributed by atoms with Crippen LogP contribution in [0.4, 0.5) is 0 Å². The van der Waals surface area contributed by atoms with Gasteiger partial charge in [0.05, 0.1) is 9.97 Å². The van der Waals surface area contributed by atoms with E-state index in [0.29, 0.717) is 12.3 Å². The third kappa shape index (κ3) is 5.25. The van der Waals surface area contributed by atoms with Gasteiger partial charge in [-0.2, -0.15) is 0 Å². The molecule has 17 heavy (non-hydrogen) atoms. The third-order valence-corrected chi connectivity index (χ3v) is 3.97. The molecular formula is C14H28INO. The Morgan fingerprint density at radius 3 is 1.71 bits per heavy atom. The molecular weight excluding hydrogens is 325 g/mol. The molecule has 0 saturated heterocycles. The molecule has 0 unspecified atom stereocenters. The quantitative estimate of drug-likeness (QED) is 0.549. The van der Waals surface area contributed by atoms with Crippen LogP contribution in [0.15, 0.2) is 0 Å². The zero-order valence-corrected chi connectivity index (χ0v) is 14.8. The van der Waals surface area contributed by atoms with Gasteiger partial charge in [-0.3, -0.25) is 9.69 Å². The summed E-state index contributed by atoms with van der Waals surface area (Å²) in [5.74, 6) is 0.301. The van der Waals surface area contributed by atoms with E-state index in [1.807, 2.05) is 13.8 Å². The number of halogens is 1. The standard InChI is InChI=1S/C14H28INO/c1-9-13(5,6)16(12(2,3)4)10-11(17)14(7,8)15/h9-10H2,1-8H3. The maximum absolute atomic E-state index is 12.2. The Kier molecular flexibility index (Phi) is 5.67. The van der Waals surface area contributed by atoms with E-state index >= 15 is 0 Å². The fourth-order valence-electron chi connectivity index (χ4n) is 1.88. The SMILES string of the molecule is CCC(C)(C)N(CC(=O)C(C)(C)I)C(C)(C)C. The molecule has 0 spiro atoms. The maximum atomic E-state index is 12.2. The second-order valence-electron chi connectivity index (χ2n) is 6.82. The number of hydrogen-bond donors (Lipinski definition) is 0. The Bertz CT molecular complexity index is 271. The lowest BCUT2D eigenvalue weighted by molar-refractivity contribution is -0.125. The topological polar surface area (TPSA) is 20.3 Å².